The summed E-state index contributed by atoms with van der Waals surface area (Å²) in [4.78, 5) is 18.0. The van der Waals surface area contributed by atoms with Gasteiger partial charge in [-0.15, -0.1) is 0 Å². The predicted molar refractivity (Wildman–Crippen MR) is 82.1 cm³/mol. The van der Waals surface area contributed by atoms with E-state index in [2.05, 4.69) is 29.1 Å². The molecule has 0 saturated carbocycles. The molecule has 0 aliphatic heterocycles. The van der Waals surface area contributed by atoms with Crippen LogP contribution in [0.2, 0.25) is 0 Å². The maximum Gasteiger partial charge on any atom is 0.270 e. The van der Waals surface area contributed by atoms with E-state index in [-0.39, 0.29) is 5.69 Å². The van der Waals surface area contributed by atoms with Crippen molar-refractivity contribution in [1.82, 2.24) is 15.3 Å². The maximum absolute atomic E-state index is 10.8. The van der Waals surface area contributed by atoms with Gasteiger partial charge in [0.15, 0.2) is 0 Å². The average molecular weight is 288 g/mol. The van der Waals surface area contributed by atoms with Crippen LogP contribution in [0.4, 0.5) is 5.69 Å². The number of H-pyrrole nitrogens is 1. The fourth-order valence-electron chi connectivity index (χ4n) is 2.07. The van der Waals surface area contributed by atoms with E-state index >= 15 is 0 Å². The smallest absolute Gasteiger partial charge is 0.270 e. The van der Waals surface area contributed by atoms with Gasteiger partial charge in [-0.25, -0.2) is 4.98 Å². The number of nitrogens with one attached hydrogen (secondary N) is 2. The fourth-order valence-corrected chi connectivity index (χ4v) is 2.07. The van der Waals surface area contributed by atoms with Crippen molar-refractivity contribution in [2.75, 3.05) is 6.54 Å². The molecule has 2 rings (SSSR count). The number of hydrogen-bond acceptors (Lipinski definition) is 4. The standard InChI is InChI=1S/C15H20N4O2/c1-11(2)16-8-4-7-15-17-10-14(18-15)12-5-3-6-13(9-12)19(20)21/h3,5-6,9-11,16H,4,7-8H2,1-2H3,(H,17,18). The van der Waals surface area contributed by atoms with Gasteiger partial charge in [-0.05, 0) is 13.0 Å². The number of nitro groups is 1. The molecule has 6 heteroatoms. The molecule has 0 saturated heterocycles. The lowest BCUT2D eigenvalue weighted by molar-refractivity contribution is -0.384. The summed E-state index contributed by atoms with van der Waals surface area (Å²) in [6.07, 6.45) is 3.58. The van der Waals surface area contributed by atoms with E-state index in [0.29, 0.717) is 6.04 Å². The molecule has 2 aromatic rings. The van der Waals surface area contributed by atoms with Crippen LogP contribution in [0.3, 0.4) is 0 Å². The second-order valence-corrected chi connectivity index (χ2v) is 5.26. The van der Waals surface area contributed by atoms with Gasteiger partial charge in [0, 0.05) is 30.2 Å². The zero-order chi connectivity index (χ0) is 15.2. The Morgan fingerprint density at radius 2 is 2.24 bits per heavy atom. The fraction of sp³-hybridized carbons (Fsp3) is 0.400. The van der Waals surface area contributed by atoms with Crippen LogP contribution in [0.1, 0.15) is 26.1 Å². The molecule has 0 aliphatic carbocycles. The molecular weight excluding hydrogens is 268 g/mol. The highest BCUT2D eigenvalue weighted by atomic mass is 16.6. The maximum atomic E-state index is 10.8. The second kappa shape index (κ2) is 6.99. The number of imidazole rings is 1. The summed E-state index contributed by atoms with van der Waals surface area (Å²) in [6, 6.07) is 7.04. The van der Waals surface area contributed by atoms with Crippen LogP contribution in [-0.2, 0) is 6.42 Å². The quantitative estimate of drug-likeness (QED) is 0.466. The van der Waals surface area contributed by atoms with E-state index in [1.54, 1.807) is 18.3 Å². The van der Waals surface area contributed by atoms with E-state index in [1.807, 2.05) is 6.07 Å². The van der Waals surface area contributed by atoms with Gasteiger partial charge >= 0.3 is 0 Å². The number of nitrogens with zero attached hydrogens (tertiary/aromatic N) is 2. The molecule has 0 spiro atoms. The van der Waals surface area contributed by atoms with Crippen LogP contribution < -0.4 is 5.32 Å². The van der Waals surface area contributed by atoms with E-state index < -0.39 is 4.92 Å². The van der Waals surface area contributed by atoms with E-state index in [1.165, 1.54) is 6.07 Å². The highest BCUT2D eigenvalue weighted by molar-refractivity contribution is 5.61. The summed E-state index contributed by atoms with van der Waals surface area (Å²) >= 11 is 0. The number of aromatic amines is 1. The Morgan fingerprint density at radius 1 is 1.43 bits per heavy atom. The number of nitro benzene ring substituents is 1. The summed E-state index contributed by atoms with van der Waals surface area (Å²) in [5, 5.41) is 14.1. The van der Waals surface area contributed by atoms with Gasteiger partial charge in [-0.3, -0.25) is 10.1 Å². The molecule has 1 aromatic carbocycles. The third kappa shape index (κ3) is 4.39. The molecule has 1 aromatic heterocycles. The van der Waals surface area contributed by atoms with Crippen molar-refractivity contribution in [1.29, 1.82) is 0 Å². The van der Waals surface area contributed by atoms with Gasteiger partial charge in [-0.2, -0.15) is 0 Å². The Balaban J connectivity index is 1.99. The highest BCUT2D eigenvalue weighted by Crippen LogP contribution is 2.22. The van der Waals surface area contributed by atoms with Crippen LogP contribution >= 0.6 is 0 Å². The van der Waals surface area contributed by atoms with Crippen molar-refractivity contribution in [2.24, 2.45) is 0 Å². The molecule has 21 heavy (non-hydrogen) atoms. The summed E-state index contributed by atoms with van der Waals surface area (Å²) < 4.78 is 0. The van der Waals surface area contributed by atoms with Crippen molar-refractivity contribution in [3.05, 3.63) is 46.4 Å². The van der Waals surface area contributed by atoms with E-state index in [9.17, 15) is 10.1 Å². The van der Waals surface area contributed by atoms with Crippen LogP contribution in [0.5, 0.6) is 0 Å². The Bertz CT molecular complexity index is 607. The van der Waals surface area contributed by atoms with Crippen molar-refractivity contribution in [3.63, 3.8) is 0 Å². The first-order valence-electron chi connectivity index (χ1n) is 7.08. The second-order valence-electron chi connectivity index (χ2n) is 5.26. The Hall–Kier alpha value is -2.21. The molecular formula is C15H20N4O2. The Labute approximate surface area is 123 Å². The van der Waals surface area contributed by atoms with Crippen LogP contribution in [-0.4, -0.2) is 27.5 Å². The minimum atomic E-state index is -0.391. The van der Waals surface area contributed by atoms with Crippen molar-refractivity contribution < 1.29 is 4.92 Å². The van der Waals surface area contributed by atoms with Crippen molar-refractivity contribution in [3.8, 4) is 11.3 Å². The lowest BCUT2D eigenvalue weighted by Gasteiger charge is -2.06. The van der Waals surface area contributed by atoms with Gasteiger partial charge in [0.05, 0.1) is 16.8 Å². The minimum absolute atomic E-state index is 0.0878. The molecule has 6 nitrogen and oxygen atoms in total. The zero-order valence-electron chi connectivity index (χ0n) is 12.3. The average Bonchev–Trinajstić information content (AvgIpc) is 2.92. The zero-order valence-corrected chi connectivity index (χ0v) is 12.3. The van der Waals surface area contributed by atoms with Gasteiger partial charge < -0.3 is 10.3 Å². The largest absolute Gasteiger partial charge is 0.342 e. The normalized spacial score (nSPS) is 11.0. The molecule has 1 heterocycles. The molecule has 0 fully saturated rings. The summed E-state index contributed by atoms with van der Waals surface area (Å²) in [5.74, 6) is 0.905. The molecule has 0 atom stereocenters. The summed E-state index contributed by atoms with van der Waals surface area (Å²) in [5.41, 5.74) is 1.68. The molecule has 0 unspecified atom stereocenters. The van der Waals surface area contributed by atoms with E-state index in [4.69, 9.17) is 0 Å². The van der Waals surface area contributed by atoms with Gasteiger partial charge in [-0.1, -0.05) is 26.0 Å². The lowest BCUT2D eigenvalue weighted by atomic mass is 10.1. The molecule has 0 radical (unpaired) electrons. The molecule has 2 N–H and O–H groups in total. The van der Waals surface area contributed by atoms with Crippen LogP contribution in [0, 0.1) is 10.1 Å². The first-order valence-corrected chi connectivity index (χ1v) is 7.08. The molecule has 0 bridgehead atoms. The lowest BCUT2D eigenvalue weighted by Crippen LogP contribution is -2.24. The van der Waals surface area contributed by atoms with Gasteiger partial charge in [0.25, 0.3) is 5.69 Å². The van der Waals surface area contributed by atoms with Gasteiger partial charge in [0.2, 0.25) is 0 Å². The molecule has 0 aliphatic rings. The molecule has 112 valence electrons. The third-order valence-corrected chi connectivity index (χ3v) is 3.14. The summed E-state index contributed by atoms with van der Waals surface area (Å²) in [6.45, 7) is 5.19. The first kappa shape index (κ1) is 15.2. The number of benzene rings is 1. The number of aryl methyl sites for hydroxylation is 1. The monoisotopic (exact) mass is 288 g/mol. The van der Waals surface area contributed by atoms with Crippen molar-refractivity contribution >= 4 is 5.69 Å². The van der Waals surface area contributed by atoms with Gasteiger partial charge in [0.1, 0.15) is 5.82 Å². The van der Waals surface area contributed by atoms with Crippen LogP contribution in [0.15, 0.2) is 30.5 Å². The Kier molecular flexibility index (Phi) is 5.05. The number of aromatic nitrogens is 2. The number of hydrogen-bond donors (Lipinski definition) is 2. The van der Waals surface area contributed by atoms with Crippen LogP contribution in [0.25, 0.3) is 11.3 Å². The third-order valence-electron chi connectivity index (χ3n) is 3.14. The Morgan fingerprint density at radius 3 is 2.95 bits per heavy atom. The number of non-ortho nitro benzene ring substituents is 1. The number of rotatable bonds is 7. The van der Waals surface area contributed by atoms with Crippen molar-refractivity contribution in [2.45, 2.75) is 32.7 Å². The minimum Gasteiger partial charge on any atom is -0.342 e. The van der Waals surface area contributed by atoms with E-state index in [0.717, 1.165) is 36.5 Å². The summed E-state index contributed by atoms with van der Waals surface area (Å²) in [7, 11) is 0. The highest BCUT2D eigenvalue weighted by Gasteiger charge is 2.09. The molecule has 0 amide bonds. The SMILES string of the molecule is CC(C)NCCCc1ncc(-c2cccc([N+](=O)[O-])c2)[nH]1. The first-order chi connectivity index (χ1) is 10.1. The predicted octanol–water partition coefficient (Wildman–Crippen LogP) is 2.92. The topological polar surface area (TPSA) is 83.8 Å².